The Bertz CT molecular complexity index is 1280. The van der Waals surface area contributed by atoms with E-state index in [4.69, 9.17) is 5.11 Å². The number of hydrogen-bond acceptors (Lipinski definition) is 3. The SMILES string of the molecule is O=C(O)CCc1cn(S(=O)(=O)c2ccccc2)c2ccc(-c3ccccc3)cc12. The molecule has 0 aliphatic carbocycles. The highest BCUT2D eigenvalue weighted by Crippen LogP contribution is 2.31. The van der Waals surface area contributed by atoms with Gasteiger partial charge in [-0.3, -0.25) is 4.79 Å². The Morgan fingerprint density at radius 1 is 0.862 bits per heavy atom. The van der Waals surface area contributed by atoms with E-state index >= 15 is 0 Å². The van der Waals surface area contributed by atoms with Gasteiger partial charge in [-0.15, -0.1) is 0 Å². The number of carboxylic acid groups (broad SMARTS) is 1. The molecule has 6 heteroatoms. The fourth-order valence-corrected chi connectivity index (χ4v) is 4.83. The number of benzene rings is 3. The summed E-state index contributed by atoms with van der Waals surface area (Å²) in [6, 6.07) is 23.6. The molecule has 0 aliphatic heterocycles. The summed E-state index contributed by atoms with van der Waals surface area (Å²) in [6.45, 7) is 0. The third-order valence-corrected chi connectivity index (χ3v) is 6.56. The molecule has 4 rings (SSSR count). The topological polar surface area (TPSA) is 76.4 Å². The van der Waals surface area contributed by atoms with Crippen LogP contribution in [0.4, 0.5) is 0 Å². The van der Waals surface area contributed by atoms with Gasteiger partial charge in [0.1, 0.15) is 0 Å². The van der Waals surface area contributed by atoms with Crippen LogP contribution in [-0.2, 0) is 21.2 Å². The standard InChI is InChI=1S/C23H19NO4S/c25-23(26)14-12-19-16-24(29(27,28)20-9-5-2-6-10-20)22-13-11-18(15-21(19)22)17-7-3-1-4-8-17/h1-11,13,15-16H,12,14H2,(H,25,26). The third kappa shape index (κ3) is 3.67. The molecule has 4 aromatic rings. The van der Waals surface area contributed by atoms with Crippen molar-refractivity contribution in [3.8, 4) is 11.1 Å². The van der Waals surface area contributed by atoms with Crippen LogP contribution in [0, 0.1) is 0 Å². The van der Waals surface area contributed by atoms with Gasteiger partial charge in [0.25, 0.3) is 10.0 Å². The van der Waals surface area contributed by atoms with Crippen LogP contribution in [0.2, 0.25) is 0 Å². The van der Waals surface area contributed by atoms with Crippen molar-refractivity contribution in [1.82, 2.24) is 3.97 Å². The van der Waals surface area contributed by atoms with E-state index in [9.17, 15) is 13.2 Å². The van der Waals surface area contributed by atoms with Gasteiger partial charge in [-0.2, -0.15) is 0 Å². The molecule has 0 radical (unpaired) electrons. The number of fused-ring (bicyclic) bond motifs is 1. The minimum Gasteiger partial charge on any atom is -0.481 e. The smallest absolute Gasteiger partial charge is 0.303 e. The van der Waals surface area contributed by atoms with Gasteiger partial charge >= 0.3 is 5.97 Å². The lowest BCUT2D eigenvalue weighted by Crippen LogP contribution is -2.11. The maximum absolute atomic E-state index is 13.2. The van der Waals surface area contributed by atoms with Crippen LogP contribution in [0.25, 0.3) is 22.0 Å². The predicted octanol–water partition coefficient (Wildman–Crippen LogP) is 4.56. The van der Waals surface area contributed by atoms with Crippen LogP contribution in [0.15, 0.2) is 90.0 Å². The Kier molecular flexibility index (Phi) is 4.94. The van der Waals surface area contributed by atoms with Crippen molar-refractivity contribution in [1.29, 1.82) is 0 Å². The van der Waals surface area contributed by atoms with Gasteiger partial charge < -0.3 is 5.11 Å². The lowest BCUT2D eigenvalue weighted by molar-refractivity contribution is -0.136. The molecular formula is C23H19NO4S. The zero-order valence-electron chi connectivity index (χ0n) is 15.5. The molecule has 0 atom stereocenters. The lowest BCUT2D eigenvalue weighted by Gasteiger charge is -2.08. The van der Waals surface area contributed by atoms with Gasteiger partial charge in [0.15, 0.2) is 0 Å². The molecule has 0 saturated heterocycles. The van der Waals surface area contributed by atoms with Gasteiger partial charge in [-0.1, -0.05) is 54.6 Å². The first-order chi connectivity index (χ1) is 14.0. The van der Waals surface area contributed by atoms with Crippen molar-refractivity contribution < 1.29 is 18.3 Å². The number of aliphatic carboxylic acids is 1. The van der Waals surface area contributed by atoms with E-state index in [-0.39, 0.29) is 17.7 Å². The van der Waals surface area contributed by atoms with Crippen molar-refractivity contribution in [2.75, 3.05) is 0 Å². The Morgan fingerprint density at radius 2 is 1.52 bits per heavy atom. The second-order valence-electron chi connectivity index (χ2n) is 6.76. The number of carboxylic acids is 1. The number of rotatable bonds is 6. The fraction of sp³-hybridized carbons (Fsp3) is 0.0870. The van der Waals surface area contributed by atoms with Crippen molar-refractivity contribution in [3.63, 3.8) is 0 Å². The van der Waals surface area contributed by atoms with Gasteiger partial charge in [-0.05, 0) is 47.4 Å². The second-order valence-corrected chi connectivity index (χ2v) is 8.57. The Hall–Kier alpha value is -3.38. The molecule has 0 bridgehead atoms. The first-order valence-corrected chi connectivity index (χ1v) is 10.6. The number of aryl methyl sites for hydroxylation is 1. The highest BCUT2D eigenvalue weighted by Gasteiger charge is 2.21. The number of nitrogens with zero attached hydrogens (tertiary/aromatic N) is 1. The summed E-state index contributed by atoms with van der Waals surface area (Å²) < 4.78 is 27.7. The predicted molar refractivity (Wildman–Crippen MR) is 112 cm³/mol. The van der Waals surface area contributed by atoms with E-state index in [0.29, 0.717) is 11.1 Å². The molecule has 0 aliphatic rings. The van der Waals surface area contributed by atoms with Crippen molar-refractivity contribution in [2.24, 2.45) is 0 Å². The molecule has 0 amide bonds. The van der Waals surface area contributed by atoms with Crippen molar-refractivity contribution >= 4 is 26.9 Å². The van der Waals surface area contributed by atoms with Crippen LogP contribution >= 0.6 is 0 Å². The van der Waals surface area contributed by atoms with E-state index in [1.54, 1.807) is 42.6 Å². The van der Waals surface area contributed by atoms with Gasteiger partial charge in [0, 0.05) is 18.0 Å². The molecule has 1 aromatic heterocycles. The molecule has 0 spiro atoms. The largest absolute Gasteiger partial charge is 0.481 e. The molecular weight excluding hydrogens is 386 g/mol. The van der Waals surface area contributed by atoms with Crippen LogP contribution in [0.5, 0.6) is 0 Å². The van der Waals surface area contributed by atoms with E-state index < -0.39 is 16.0 Å². The quantitative estimate of drug-likeness (QED) is 0.510. The Morgan fingerprint density at radius 3 is 2.17 bits per heavy atom. The zero-order chi connectivity index (χ0) is 20.4. The van der Waals surface area contributed by atoms with Crippen LogP contribution in [-0.4, -0.2) is 23.5 Å². The lowest BCUT2D eigenvalue weighted by atomic mass is 10.0. The Balaban J connectivity index is 1.91. The molecule has 0 saturated carbocycles. The summed E-state index contributed by atoms with van der Waals surface area (Å²) in [5, 5.41) is 9.84. The molecule has 0 unspecified atom stereocenters. The van der Waals surface area contributed by atoms with Crippen LogP contribution < -0.4 is 0 Å². The molecule has 3 aromatic carbocycles. The van der Waals surface area contributed by atoms with Crippen LogP contribution in [0.3, 0.4) is 0 Å². The minimum absolute atomic E-state index is 0.0694. The number of aromatic nitrogens is 1. The van der Waals surface area contributed by atoms with E-state index in [1.807, 2.05) is 42.5 Å². The number of hydrogen-bond donors (Lipinski definition) is 1. The Labute approximate surface area is 168 Å². The first kappa shape index (κ1) is 19.0. The minimum atomic E-state index is -3.79. The van der Waals surface area contributed by atoms with Crippen molar-refractivity contribution in [3.05, 3.63) is 90.6 Å². The summed E-state index contributed by atoms with van der Waals surface area (Å²) in [7, 11) is -3.79. The molecule has 1 N–H and O–H groups in total. The second kappa shape index (κ2) is 7.56. The zero-order valence-corrected chi connectivity index (χ0v) is 16.3. The normalized spacial score (nSPS) is 11.6. The molecule has 1 heterocycles. The summed E-state index contributed by atoms with van der Waals surface area (Å²) in [5.41, 5.74) is 3.19. The maximum atomic E-state index is 13.2. The average molecular weight is 405 g/mol. The van der Waals surface area contributed by atoms with E-state index in [1.165, 1.54) is 3.97 Å². The fourth-order valence-electron chi connectivity index (χ4n) is 3.42. The van der Waals surface area contributed by atoms with Gasteiger partial charge in [-0.25, -0.2) is 12.4 Å². The average Bonchev–Trinajstić information content (AvgIpc) is 3.12. The third-order valence-electron chi connectivity index (χ3n) is 4.87. The van der Waals surface area contributed by atoms with E-state index in [0.717, 1.165) is 16.5 Å². The van der Waals surface area contributed by atoms with Gasteiger partial charge in [0.2, 0.25) is 0 Å². The molecule has 146 valence electrons. The summed E-state index contributed by atoms with van der Waals surface area (Å²) in [4.78, 5) is 11.3. The highest BCUT2D eigenvalue weighted by atomic mass is 32.2. The molecule has 29 heavy (non-hydrogen) atoms. The number of carbonyl (C=O) groups is 1. The summed E-state index contributed by atoms with van der Waals surface area (Å²) in [6.07, 6.45) is 1.73. The molecule has 0 fully saturated rings. The van der Waals surface area contributed by atoms with E-state index in [2.05, 4.69) is 0 Å². The monoisotopic (exact) mass is 405 g/mol. The maximum Gasteiger partial charge on any atom is 0.303 e. The molecule has 5 nitrogen and oxygen atoms in total. The summed E-state index contributed by atoms with van der Waals surface area (Å²) in [5.74, 6) is -0.920. The summed E-state index contributed by atoms with van der Waals surface area (Å²) >= 11 is 0. The van der Waals surface area contributed by atoms with Gasteiger partial charge in [0.05, 0.1) is 10.4 Å². The van der Waals surface area contributed by atoms with Crippen LogP contribution in [0.1, 0.15) is 12.0 Å². The first-order valence-electron chi connectivity index (χ1n) is 9.18. The van der Waals surface area contributed by atoms with Crippen molar-refractivity contribution in [2.45, 2.75) is 17.7 Å². The highest BCUT2D eigenvalue weighted by molar-refractivity contribution is 7.90.